The van der Waals surface area contributed by atoms with Gasteiger partial charge in [0.1, 0.15) is 0 Å². The highest BCUT2D eigenvalue weighted by molar-refractivity contribution is 6.21. The van der Waals surface area contributed by atoms with E-state index in [1.807, 2.05) is 0 Å². The molecular weight excluding hydrogens is 270 g/mol. The number of nitrogens with two attached hydrogens (primary N) is 1. The molecule has 0 fully saturated rings. The van der Waals surface area contributed by atoms with E-state index in [4.69, 9.17) is 5.73 Å². The topological polar surface area (TPSA) is 92.5 Å². The molecule has 2 rings (SSSR count). The zero-order valence-corrected chi connectivity index (χ0v) is 12.0. The average Bonchev–Trinajstić information content (AvgIpc) is 2.71. The largest absolute Gasteiger partial charge is 0.355 e. The van der Waals surface area contributed by atoms with Crippen LogP contribution >= 0.6 is 0 Å². The highest BCUT2D eigenvalue weighted by atomic mass is 16.2. The van der Waals surface area contributed by atoms with E-state index in [1.165, 1.54) is 4.90 Å². The minimum Gasteiger partial charge on any atom is -0.355 e. The summed E-state index contributed by atoms with van der Waals surface area (Å²) in [5.41, 5.74) is 6.36. The van der Waals surface area contributed by atoms with Gasteiger partial charge < -0.3 is 11.1 Å². The van der Waals surface area contributed by atoms with Gasteiger partial charge >= 0.3 is 0 Å². The van der Waals surface area contributed by atoms with Crippen LogP contribution in [-0.2, 0) is 4.79 Å². The zero-order chi connectivity index (χ0) is 15.4. The van der Waals surface area contributed by atoms with E-state index in [1.54, 1.807) is 31.2 Å². The molecule has 0 bridgehead atoms. The summed E-state index contributed by atoms with van der Waals surface area (Å²) in [7, 11) is 0. The molecule has 0 unspecified atom stereocenters. The first kappa shape index (κ1) is 15.2. The Labute approximate surface area is 123 Å². The van der Waals surface area contributed by atoms with Gasteiger partial charge in [0.05, 0.1) is 17.2 Å². The molecule has 6 nitrogen and oxygen atoms in total. The van der Waals surface area contributed by atoms with Crippen molar-refractivity contribution in [2.75, 3.05) is 13.1 Å². The molecule has 3 amide bonds. The van der Waals surface area contributed by atoms with Crippen molar-refractivity contribution < 1.29 is 14.4 Å². The Morgan fingerprint density at radius 3 is 2.29 bits per heavy atom. The Balaban J connectivity index is 1.79. The standard InChI is InChI=1S/C15H19N3O3/c1-10(16)13(19)17-8-4-5-9-18-14(20)11-6-2-3-7-12(11)15(18)21/h2-3,6-7,10H,4-5,8-9,16H2,1H3,(H,17,19)/t10-/m0/s1. The third-order valence-electron chi connectivity index (χ3n) is 3.40. The van der Waals surface area contributed by atoms with Crippen LogP contribution in [0.15, 0.2) is 24.3 Å². The number of carbonyl (C=O) groups is 3. The maximum Gasteiger partial charge on any atom is 0.261 e. The number of fused-ring (bicyclic) bond motifs is 1. The number of rotatable bonds is 6. The van der Waals surface area contributed by atoms with Crippen LogP contribution in [0.1, 0.15) is 40.5 Å². The van der Waals surface area contributed by atoms with E-state index < -0.39 is 6.04 Å². The van der Waals surface area contributed by atoms with Crippen LogP contribution in [0, 0.1) is 0 Å². The van der Waals surface area contributed by atoms with Gasteiger partial charge in [0.15, 0.2) is 0 Å². The highest BCUT2D eigenvalue weighted by Gasteiger charge is 2.34. The van der Waals surface area contributed by atoms with Crippen molar-refractivity contribution in [2.24, 2.45) is 5.73 Å². The van der Waals surface area contributed by atoms with E-state index >= 15 is 0 Å². The van der Waals surface area contributed by atoms with Crippen LogP contribution < -0.4 is 11.1 Å². The van der Waals surface area contributed by atoms with Crippen molar-refractivity contribution in [1.29, 1.82) is 0 Å². The summed E-state index contributed by atoms with van der Waals surface area (Å²) in [6.45, 7) is 2.47. The van der Waals surface area contributed by atoms with Gasteiger partial charge in [-0.2, -0.15) is 0 Å². The molecule has 1 aliphatic rings. The molecule has 3 N–H and O–H groups in total. The van der Waals surface area contributed by atoms with Gasteiger partial charge in [0.2, 0.25) is 5.91 Å². The summed E-state index contributed by atoms with van der Waals surface area (Å²) in [4.78, 5) is 36.7. The lowest BCUT2D eigenvalue weighted by Crippen LogP contribution is -2.39. The van der Waals surface area contributed by atoms with Gasteiger partial charge in [-0.25, -0.2) is 0 Å². The summed E-state index contributed by atoms with van der Waals surface area (Å²) in [6, 6.07) is 6.30. The number of nitrogens with one attached hydrogen (secondary N) is 1. The van der Waals surface area contributed by atoms with Crippen molar-refractivity contribution in [3.63, 3.8) is 0 Å². The molecule has 0 aromatic heterocycles. The summed E-state index contributed by atoms with van der Waals surface area (Å²) >= 11 is 0. The molecule has 1 heterocycles. The first-order chi connectivity index (χ1) is 10.0. The molecule has 6 heteroatoms. The number of carbonyl (C=O) groups excluding carboxylic acids is 3. The van der Waals surface area contributed by atoms with Crippen LogP contribution in [0.5, 0.6) is 0 Å². The number of amides is 3. The van der Waals surface area contributed by atoms with Gasteiger partial charge in [-0.15, -0.1) is 0 Å². The minimum absolute atomic E-state index is 0.198. The molecule has 112 valence electrons. The Morgan fingerprint density at radius 1 is 1.19 bits per heavy atom. The van der Waals surface area contributed by atoms with Crippen molar-refractivity contribution in [2.45, 2.75) is 25.8 Å². The lowest BCUT2D eigenvalue weighted by atomic mass is 10.1. The Bertz CT molecular complexity index is 534. The highest BCUT2D eigenvalue weighted by Crippen LogP contribution is 2.22. The lowest BCUT2D eigenvalue weighted by molar-refractivity contribution is -0.121. The molecule has 0 aliphatic carbocycles. The smallest absolute Gasteiger partial charge is 0.261 e. The Hall–Kier alpha value is -2.21. The molecule has 0 saturated heterocycles. The number of nitrogens with zero attached hydrogens (tertiary/aromatic N) is 1. The van der Waals surface area contributed by atoms with Crippen LogP contribution in [-0.4, -0.2) is 41.8 Å². The fourth-order valence-electron chi connectivity index (χ4n) is 2.21. The van der Waals surface area contributed by atoms with E-state index in [9.17, 15) is 14.4 Å². The molecule has 0 radical (unpaired) electrons. The quantitative estimate of drug-likeness (QED) is 0.590. The zero-order valence-electron chi connectivity index (χ0n) is 12.0. The molecule has 1 aromatic carbocycles. The van der Waals surface area contributed by atoms with Crippen molar-refractivity contribution in [3.05, 3.63) is 35.4 Å². The maximum absolute atomic E-state index is 12.1. The first-order valence-electron chi connectivity index (χ1n) is 7.01. The van der Waals surface area contributed by atoms with Crippen molar-refractivity contribution >= 4 is 17.7 Å². The van der Waals surface area contributed by atoms with Crippen LogP contribution in [0.4, 0.5) is 0 Å². The molecule has 0 spiro atoms. The summed E-state index contributed by atoms with van der Waals surface area (Å²) in [5.74, 6) is -0.679. The average molecular weight is 289 g/mol. The van der Waals surface area contributed by atoms with Crippen molar-refractivity contribution in [1.82, 2.24) is 10.2 Å². The number of hydrogen-bond acceptors (Lipinski definition) is 4. The Kier molecular flexibility index (Phi) is 4.70. The normalized spacial score (nSPS) is 15.0. The molecular formula is C15H19N3O3. The first-order valence-corrected chi connectivity index (χ1v) is 7.01. The monoisotopic (exact) mass is 289 g/mol. The SMILES string of the molecule is C[C@H](N)C(=O)NCCCCN1C(=O)c2ccccc2C1=O. The molecule has 1 aliphatic heterocycles. The third kappa shape index (κ3) is 3.28. The summed E-state index contributed by atoms with van der Waals surface area (Å²) < 4.78 is 0. The van der Waals surface area contributed by atoms with Crippen LogP contribution in [0.25, 0.3) is 0 Å². The van der Waals surface area contributed by atoms with Gasteiger partial charge in [-0.1, -0.05) is 12.1 Å². The Morgan fingerprint density at radius 2 is 1.76 bits per heavy atom. The molecule has 21 heavy (non-hydrogen) atoms. The second kappa shape index (κ2) is 6.49. The van der Waals surface area contributed by atoms with E-state index in [2.05, 4.69) is 5.32 Å². The van der Waals surface area contributed by atoms with E-state index in [0.717, 1.165) is 0 Å². The number of hydrogen-bond donors (Lipinski definition) is 2. The fourth-order valence-corrected chi connectivity index (χ4v) is 2.21. The molecule has 1 aromatic rings. The number of imide groups is 1. The third-order valence-corrected chi connectivity index (χ3v) is 3.40. The summed E-state index contributed by atoms with van der Waals surface area (Å²) in [6.07, 6.45) is 1.33. The second-order valence-electron chi connectivity index (χ2n) is 5.09. The van der Waals surface area contributed by atoms with Crippen LogP contribution in [0.2, 0.25) is 0 Å². The predicted octanol–water partition coefficient (Wildman–Crippen LogP) is 0.526. The predicted molar refractivity (Wildman–Crippen MR) is 77.7 cm³/mol. The minimum atomic E-state index is -0.527. The lowest BCUT2D eigenvalue weighted by Gasteiger charge is -2.13. The fraction of sp³-hybridized carbons (Fsp3) is 0.400. The molecule has 1 atom stereocenters. The van der Waals surface area contributed by atoms with Gasteiger partial charge in [-0.3, -0.25) is 19.3 Å². The number of unbranched alkanes of at least 4 members (excludes halogenated alkanes) is 1. The van der Waals surface area contributed by atoms with Gasteiger partial charge in [-0.05, 0) is 31.9 Å². The number of benzene rings is 1. The van der Waals surface area contributed by atoms with E-state index in [0.29, 0.717) is 37.1 Å². The van der Waals surface area contributed by atoms with Gasteiger partial charge in [0.25, 0.3) is 11.8 Å². The van der Waals surface area contributed by atoms with Crippen LogP contribution in [0.3, 0.4) is 0 Å². The van der Waals surface area contributed by atoms with E-state index in [-0.39, 0.29) is 17.7 Å². The van der Waals surface area contributed by atoms with Crippen molar-refractivity contribution in [3.8, 4) is 0 Å². The second-order valence-corrected chi connectivity index (χ2v) is 5.09. The maximum atomic E-state index is 12.1. The molecule has 0 saturated carbocycles. The summed E-state index contributed by atoms with van der Waals surface area (Å²) in [5, 5.41) is 2.69. The van der Waals surface area contributed by atoms with Gasteiger partial charge in [0, 0.05) is 13.1 Å².